The van der Waals surface area contributed by atoms with E-state index in [1.807, 2.05) is 13.0 Å². The van der Waals surface area contributed by atoms with Gasteiger partial charge < -0.3 is 15.8 Å². The minimum absolute atomic E-state index is 0.0295. The summed E-state index contributed by atoms with van der Waals surface area (Å²) in [7, 11) is 0. The van der Waals surface area contributed by atoms with Crippen LogP contribution in [0.1, 0.15) is 44.7 Å². The van der Waals surface area contributed by atoms with Gasteiger partial charge in [-0.1, -0.05) is 0 Å². The molecule has 1 heterocycles. The van der Waals surface area contributed by atoms with Crippen LogP contribution in [-0.4, -0.2) is 29.7 Å². The molecule has 1 aromatic carbocycles. The van der Waals surface area contributed by atoms with Crippen LogP contribution >= 0.6 is 11.3 Å². The number of benzene rings is 1. The highest BCUT2D eigenvalue weighted by molar-refractivity contribution is 7.14. The van der Waals surface area contributed by atoms with Gasteiger partial charge in [0.2, 0.25) is 5.91 Å². The van der Waals surface area contributed by atoms with E-state index in [-0.39, 0.29) is 18.6 Å². The number of rotatable bonds is 8. The molecule has 7 nitrogen and oxygen atoms in total. The summed E-state index contributed by atoms with van der Waals surface area (Å²) in [4.78, 5) is 48.6. The molecule has 2 amide bonds. The van der Waals surface area contributed by atoms with E-state index in [9.17, 15) is 19.2 Å². The molecule has 0 aliphatic rings. The molecular formula is C19H20N2O5S. The molecule has 0 saturated carbocycles. The molecule has 0 unspecified atom stereocenters. The van der Waals surface area contributed by atoms with Crippen molar-refractivity contribution in [2.45, 2.75) is 32.8 Å². The number of Topliss-reactive ketones (excluding diaryl/α,β-unsaturated/α-hetero) is 1. The standard InChI is InChI=1S/C19H20N2O5S/c1-11-3-9-16(27-11)15(22)8-10-17(23)26-12(2)19(25)21-14-6-4-13(5-7-14)18(20)24/h3-7,9,12H,8,10H2,1-2H3,(H2,20,24)(H,21,25)/t12-/m0/s1. The molecule has 0 radical (unpaired) electrons. The second-order valence-electron chi connectivity index (χ2n) is 5.90. The van der Waals surface area contributed by atoms with Crippen molar-refractivity contribution < 1.29 is 23.9 Å². The average molecular weight is 388 g/mol. The monoisotopic (exact) mass is 388 g/mol. The Hall–Kier alpha value is -3.00. The van der Waals surface area contributed by atoms with E-state index in [2.05, 4.69) is 5.32 Å². The number of ketones is 1. The number of primary amides is 1. The first kappa shape index (κ1) is 20.3. The van der Waals surface area contributed by atoms with E-state index >= 15 is 0 Å². The number of carbonyl (C=O) groups excluding carboxylic acids is 4. The van der Waals surface area contributed by atoms with Crippen molar-refractivity contribution in [3.05, 3.63) is 51.7 Å². The van der Waals surface area contributed by atoms with E-state index < -0.39 is 23.9 Å². The first-order valence-corrected chi connectivity index (χ1v) is 9.07. The number of nitrogens with two attached hydrogens (primary N) is 1. The highest BCUT2D eigenvalue weighted by Gasteiger charge is 2.19. The fourth-order valence-corrected chi connectivity index (χ4v) is 3.03. The highest BCUT2D eigenvalue weighted by atomic mass is 32.1. The van der Waals surface area contributed by atoms with Crippen LogP contribution in [0.2, 0.25) is 0 Å². The zero-order chi connectivity index (χ0) is 20.0. The molecule has 2 aromatic rings. The van der Waals surface area contributed by atoms with Gasteiger partial charge in [-0.3, -0.25) is 19.2 Å². The van der Waals surface area contributed by atoms with Gasteiger partial charge in [-0.2, -0.15) is 0 Å². The number of ether oxygens (including phenoxy) is 1. The molecule has 8 heteroatoms. The van der Waals surface area contributed by atoms with Crippen molar-refractivity contribution in [3.8, 4) is 0 Å². The van der Waals surface area contributed by atoms with E-state index in [4.69, 9.17) is 10.5 Å². The first-order chi connectivity index (χ1) is 12.8. The van der Waals surface area contributed by atoms with Gasteiger partial charge in [-0.05, 0) is 50.2 Å². The maximum absolute atomic E-state index is 12.1. The minimum Gasteiger partial charge on any atom is -0.453 e. The molecule has 0 saturated heterocycles. The number of anilines is 1. The van der Waals surface area contributed by atoms with Crippen molar-refractivity contribution in [2.75, 3.05) is 5.32 Å². The molecule has 1 atom stereocenters. The number of hydrogen-bond acceptors (Lipinski definition) is 6. The topological polar surface area (TPSA) is 116 Å². The van der Waals surface area contributed by atoms with Crippen LogP contribution in [0, 0.1) is 6.92 Å². The quantitative estimate of drug-likeness (QED) is 0.533. The summed E-state index contributed by atoms with van der Waals surface area (Å²) in [6, 6.07) is 9.58. The Morgan fingerprint density at radius 1 is 1.07 bits per heavy atom. The maximum atomic E-state index is 12.1. The lowest BCUT2D eigenvalue weighted by molar-refractivity contribution is -0.153. The third-order valence-electron chi connectivity index (χ3n) is 3.69. The Balaban J connectivity index is 1.80. The van der Waals surface area contributed by atoms with Crippen LogP contribution in [0.3, 0.4) is 0 Å². The number of hydrogen-bond donors (Lipinski definition) is 2. The molecule has 27 heavy (non-hydrogen) atoms. The van der Waals surface area contributed by atoms with Crippen molar-refractivity contribution in [1.82, 2.24) is 0 Å². The van der Waals surface area contributed by atoms with Crippen LogP contribution in [0.25, 0.3) is 0 Å². The molecule has 0 fully saturated rings. The summed E-state index contributed by atoms with van der Waals surface area (Å²) >= 11 is 1.38. The molecule has 2 rings (SSSR count). The zero-order valence-corrected chi connectivity index (χ0v) is 15.8. The number of amides is 2. The second-order valence-corrected chi connectivity index (χ2v) is 7.18. The average Bonchev–Trinajstić information content (AvgIpc) is 3.06. The summed E-state index contributed by atoms with van der Waals surface area (Å²) in [6.07, 6.45) is -1.09. The Kier molecular flexibility index (Phi) is 6.84. The van der Waals surface area contributed by atoms with Crippen LogP contribution < -0.4 is 11.1 Å². The number of carbonyl (C=O) groups is 4. The predicted octanol–water partition coefficient (Wildman–Crippen LogP) is 2.69. The minimum atomic E-state index is -1.02. The van der Waals surface area contributed by atoms with Gasteiger partial charge in [-0.15, -0.1) is 11.3 Å². The summed E-state index contributed by atoms with van der Waals surface area (Å²) in [5.74, 6) is -1.84. The van der Waals surface area contributed by atoms with E-state index in [0.717, 1.165) is 4.88 Å². The SMILES string of the molecule is Cc1ccc(C(=O)CCC(=O)O[C@@H](C)C(=O)Nc2ccc(C(N)=O)cc2)s1. The highest BCUT2D eigenvalue weighted by Crippen LogP contribution is 2.18. The van der Waals surface area contributed by atoms with Crippen LogP contribution in [0.15, 0.2) is 36.4 Å². The fourth-order valence-electron chi connectivity index (χ4n) is 2.19. The first-order valence-electron chi connectivity index (χ1n) is 8.26. The van der Waals surface area contributed by atoms with Crippen LogP contribution in [-0.2, 0) is 14.3 Å². The summed E-state index contributed by atoms with van der Waals surface area (Å²) in [5, 5.41) is 2.57. The summed E-state index contributed by atoms with van der Waals surface area (Å²) in [6.45, 7) is 3.34. The molecule has 1 aromatic heterocycles. The lowest BCUT2D eigenvalue weighted by Crippen LogP contribution is -2.30. The third kappa shape index (κ3) is 6.03. The normalized spacial score (nSPS) is 11.5. The van der Waals surface area contributed by atoms with Gasteiger partial charge in [-0.25, -0.2) is 0 Å². The molecule has 3 N–H and O–H groups in total. The second kappa shape index (κ2) is 9.09. The van der Waals surface area contributed by atoms with Gasteiger partial charge in [0, 0.05) is 22.5 Å². The van der Waals surface area contributed by atoms with Crippen molar-refractivity contribution in [3.63, 3.8) is 0 Å². The van der Waals surface area contributed by atoms with Crippen LogP contribution in [0.4, 0.5) is 5.69 Å². The molecule has 0 spiro atoms. The number of aryl methyl sites for hydroxylation is 1. The Morgan fingerprint density at radius 2 is 1.74 bits per heavy atom. The smallest absolute Gasteiger partial charge is 0.307 e. The maximum Gasteiger partial charge on any atom is 0.307 e. The third-order valence-corrected chi connectivity index (χ3v) is 4.73. The largest absolute Gasteiger partial charge is 0.453 e. The molecule has 0 bridgehead atoms. The van der Waals surface area contributed by atoms with Gasteiger partial charge in [0.15, 0.2) is 11.9 Å². The number of thiophene rings is 1. The van der Waals surface area contributed by atoms with E-state index in [0.29, 0.717) is 16.1 Å². The van der Waals surface area contributed by atoms with Crippen LogP contribution in [0.5, 0.6) is 0 Å². The van der Waals surface area contributed by atoms with E-state index in [1.54, 1.807) is 6.07 Å². The van der Waals surface area contributed by atoms with Gasteiger partial charge in [0.05, 0.1) is 11.3 Å². The lowest BCUT2D eigenvalue weighted by atomic mass is 10.2. The molecule has 0 aliphatic heterocycles. The molecular weight excluding hydrogens is 368 g/mol. The molecule has 0 aliphatic carbocycles. The Bertz CT molecular complexity index is 857. The predicted molar refractivity (Wildman–Crippen MR) is 102 cm³/mol. The lowest BCUT2D eigenvalue weighted by Gasteiger charge is -2.13. The summed E-state index contributed by atoms with van der Waals surface area (Å²) in [5.41, 5.74) is 5.91. The van der Waals surface area contributed by atoms with E-state index in [1.165, 1.54) is 42.5 Å². The van der Waals surface area contributed by atoms with Gasteiger partial charge in [0.1, 0.15) is 0 Å². The Labute approximate surface area is 160 Å². The zero-order valence-electron chi connectivity index (χ0n) is 15.0. The molecule has 142 valence electrons. The van der Waals surface area contributed by atoms with Crippen molar-refractivity contribution in [2.24, 2.45) is 5.73 Å². The van der Waals surface area contributed by atoms with Crippen molar-refractivity contribution >= 4 is 40.6 Å². The number of nitrogens with one attached hydrogen (secondary N) is 1. The van der Waals surface area contributed by atoms with Gasteiger partial charge >= 0.3 is 5.97 Å². The Morgan fingerprint density at radius 3 is 2.30 bits per heavy atom. The van der Waals surface area contributed by atoms with Gasteiger partial charge in [0.25, 0.3) is 5.91 Å². The van der Waals surface area contributed by atoms with Crippen molar-refractivity contribution in [1.29, 1.82) is 0 Å². The fraction of sp³-hybridized carbons (Fsp3) is 0.263. The summed E-state index contributed by atoms with van der Waals surface area (Å²) < 4.78 is 5.06. The number of esters is 1.